The van der Waals surface area contributed by atoms with Gasteiger partial charge >= 0.3 is 0 Å². The number of hydrogen-bond acceptors (Lipinski definition) is 4. The number of aliphatic hydroxyl groups is 1. The molecule has 0 atom stereocenters. The molecule has 0 radical (unpaired) electrons. The molecule has 0 fully saturated rings. The number of aromatic nitrogens is 3. The van der Waals surface area contributed by atoms with E-state index in [1.807, 2.05) is 31.3 Å². The second-order valence-electron chi connectivity index (χ2n) is 4.19. The molecule has 2 rings (SSSR count). The van der Waals surface area contributed by atoms with Gasteiger partial charge in [0.1, 0.15) is 6.33 Å². The zero-order chi connectivity index (χ0) is 13.7. The molecule has 6 heteroatoms. The Labute approximate surface area is 111 Å². The third kappa shape index (κ3) is 3.17. The molecule has 0 aliphatic heterocycles. The first kappa shape index (κ1) is 13.2. The highest BCUT2D eigenvalue weighted by atomic mass is 16.3. The number of para-hydroxylation sites is 1. The monoisotopic (exact) mass is 260 g/mol. The van der Waals surface area contributed by atoms with Crippen LogP contribution < -0.4 is 5.32 Å². The molecule has 100 valence electrons. The first-order valence-electron chi connectivity index (χ1n) is 6.06. The predicted molar refractivity (Wildman–Crippen MR) is 71.4 cm³/mol. The Bertz CT molecular complexity index is 565. The minimum Gasteiger partial charge on any atom is -0.396 e. The van der Waals surface area contributed by atoms with Gasteiger partial charge in [0.15, 0.2) is 5.82 Å². The van der Waals surface area contributed by atoms with E-state index in [0.29, 0.717) is 24.4 Å². The van der Waals surface area contributed by atoms with Crippen molar-refractivity contribution in [3.8, 4) is 11.4 Å². The third-order valence-electron chi connectivity index (χ3n) is 2.72. The van der Waals surface area contributed by atoms with Crippen LogP contribution in [0.1, 0.15) is 12.8 Å². The summed E-state index contributed by atoms with van der Waals surface area (Å²) in [7, 11) is 1.85. The van der Waals surface area contributed by atoms with E-state index < -0.39 is 0 Å². The maximum Gasteiger partial charge on any atom is 0.224 e. The Morgan fingerprint density at radius 3 is 2.89 bits per heavy atom. The molecular formula is C13H16N4O2. The minimum absolute atomic E-state index is 0.0123. The second kappa shape index (κ2) is 6.10. The lowest BCUT2D eigenvalue weighted by molar-refractivity contribution is -0.116. The molecule has 0 saturated heterocycles. The van der Waals surface area contributed by atoms with Gasteiger partial charge in [-0.2, -0.15) is 0 Å². The number of nitrogens with one attached hydrogen (secondary N) is 1. The van der Waals surface area contributed by atoms with E-state index in [1.165, 1.54) is 0 Å². The van der Waals surface area contributed by atoms with Gasteiger partial charge in [-0.3, -0.25) is 4.79 Å². The molecule has 0 spiro atoms. The Hall–Kier alpha value is -2.21. The van der Waals surface area contributed by atoms with Gasteiger partial charge in [0.25, 0.3) is 0 Å². The van der Waals surface area contributed by atoms with Gasteiger partial charge in [-0.05, 0) is 18.6 Å². The van der Waals surface area contributed by atoms with Gasteiger partial charge in [-0.1, -0.05) is 12.1 Å². The van der Waals surface area contributed by atoms with Crippen molar-refractivity contribution in [1.82, 2.24) is 14.8 Å². The maximum absolute atomic E-state index is 11.7. The van der Waals surface area contributed by atoms with Gasteiger partial charge in [-0.15, -0.1) is 10.2 Å². The standard InChI is InChI=1S/C13H16N4O2/c1-17-9-14-16-13(17)10-5-2-3-6-11(10)15-12(19)7-4-8-18/h2-3,5-6,9,18H,4,7-8H2,1H3,(H,15,19). The van der Waals surface area contributed by atoms with Crippen LogP contribution in [0.5, 0.6) is 0 Å². The van der Waals surface area contributed by atoms with E-state index in [-0.39, 0.29) is 12.5 Å². The SMILES string of the molecule is Cn1cnnc1-c1ccccc1NC(=O)CCCO. The van der Waals surface area contributed by atoms with Crippen molar-refractivity contribution in [2.45, 2.75) is 12.8 Å². The highest BCUT2D eigenvalue weighted by Gasteiger charge is 2.11. The fraction of sp³-hybridized carbons (Fsp3) is 0.308. The van der Waals surface area contributed by atoms with E-state index in [1.54, 1.807) is 10.9 Å². The average Bonchev–Trinajstić information content (AvgIpc) is 2.83. The summed E-state index contributed by atoms with van der Waals surface area (Å²) in [6.07, 6.45) is 2.36. The van der Waals surface area contributed by atoms with Crippen molar-refractivity contribution in [2.75, 3.05) is 11.9 Å². The smallest absolute Gasteiger partial charge is 0.224 e. The zero-order valence-electron chi connectivity index (χ0n) is 10.7. The summed E-state index contributed by atoms with van der Waals surface area (Å²) in [4.78, 5) is 11.7. The van der Waals surface area contributed by atoms with E-state index in [4.69, 9.17) is 5.11 Å². The van der Waals surface area contributed by atoms with Crippen molar-refractivity contribution in [3.63, 3.8) is 0 Å². The summed E-state index contributed by atoms with van der Waals surface area (Å²) in [6, 6.07) is 7.43. The van der Waals surface area contributed by atoms with Crippen LogP contribution in [0.3, 0.4) is 0 Å². The molecule has 2 aromatic rings. The van der Waals surface area contributed by atoms with Crippen molar-refractivity contribution < 1.29 is 9.90 Å². The molecule has 1 amide bonds. The van der Waals surface area contributed by atoms with Crippen LogP contribution >= 0.6 is 0 Å². The number of nitrogens with zero attached hydrogens (tertiary/aromatic N) is 3. The predicted octanol–water partition coefficient (Wildman–Crippen LogP) is 1.19. The zero-order valence-corrected chi connectivity index (χ0v) is 10.7. The number of hydrogen-bond donors (Lipinski definition) is 2. The third-order valence-corrected chi connectivity index (χ3v) is 2.72. The van der Waals surface area contributed by atoms with E-state index in [0.717, 1.165) is 5.56 Å². The van der Waals surface area contributed by atoms with Crippen LogP contribution in [0.25, 0.3) is 11.4 Å². The van der Waals surface area contributed by atoms with Crippen molar-refractivity contribution in [2.24, 2.45) is 7.05 Å². The van der Waals surface area contributed by atoms with Crippen LogP contribution in [0.15, 0.2) is 30.6 Å². The molecule has 0 unspecified atom stereocenters. The van der Waals surface area contributed by atoms with Crippen molar-refractivity contribution >= 4 is 11.6 Å². The molecule has 0 aliphatic carbocycles. The van der Waals surface area contributed by atoms with Gasteiger partial charge < -0.3 is 15.0 Å². The Morgan fingerprint density at radius 2 is 2.21 bits per heavy atom. The molecule has 1 aromatic carbocycles. The number of aliphatic hydroxyl groups excluding tert-OH is 1. The average molecular weight is 260 g/mol. The fourth-order valence-electron chi connectivity index (χ4n) is 1.77. The highest BCUT2D eigenvalue weighted by molar-refractivity contribution is 5.94. The summed E-state index contributed by atoms with van der Waals surface area (Å²) < 4.78 is 1.79. The van der Waals surface area contributed by atoms with Crippen LogP contribution in [0.2, 0.25) is 0 Å². The highest BCUT2D eigenvalue weighted by Crippen LogP contribution is 2.25. The number of aryl methyl sites for hydroxylation is 1. The lowest BCUT2D eigenvalue weighted by Crippen LogP contribution is -2.12. The lowest BCUT2D eigenvalue weighted by atomic mass is 10.1. The molecule has 1 heterocycles. The van der Waals surface area contributed by atoms with Gasteiger partial charge in [0.05, 0.1) is 5.69 Å². The Kier molecular flexibility index (Phi) is 4.25. The van der Waals surface area contributed by atoms with Gasteiger partial charge in [0.2, 0.25) is 5.91 Å². The summed E-state index contributed by atoms with van der Waals surface area (Å²) in [5.41, 5.74) is 1.52. The van der Waals surface area contributed by atoms with Crippen molar-refractivity contribution in [1.29, 1.82) is 0 Å². The molecular weight excluding hydrogens is 244 g/mol. The molecule has 1 aromatic heterocycles. The molecule has 0 saturated carbocycles. The van der Waals surface area contributed by atoms with Crippen LogP contribution in [-0.2, 0) is 11.8 Å². The minimum atomic E-state index is -0.122. The number of benzene rings is 1. The number of carbonyl (C=O) groups is 1. The molecule has 0 aliphatic rings. The maximum atomic E-state index is 11.7. The topological polar surface area (TPSA) is 80.0 Å². The summed E-state index contributed by atoms with van der Waals surface area (Å²) in [6.45, 7) is 0.0123. The molecule has 19 heavy (non-hydrogen) atoms. The molecule has 6 nitrogen and oxygen atoms in total. The molecule has 0 bridgehead atoms. The summed E-state index contributed by atoms with van der Waals surface area (Å²) in [5.74, 6) is 0.571. The second-order valence-corrected chi connectivity index (χ2v) is 4.19. The summed E-state index contributed by atoms with van der Waals surface area (Å²) >= 11 is 0. The summed E-state index contributed by atoms with van der Waals surface area (Å²) in [5, 5.41) is 19.4. The quantitative estimate of drug-likeness (QED) is 0.846. The number of carbonyl (C=O) groups excluding carboxylic acids is 1. The number of amides is 1. The first-order valence-corrected chi connectivity index (χ1v) is 6.06. The van der Waals surface area contributed by atoms with Gasteiger partial charge in [0, 0.05) is 25.6 Å². The fourth-order valence-corrected chi connectivity index (χ4v) is 1.77. The number of anilines is 1. The van der Waals surface area contributed by atoms with Crippen LogP contribution in [0, 0.1) is 0 Å². The largest absolute Gasteiger partial charge is 0.396 e. The van der Waals surface area contributed by atoms with Crippen LogP contribution in [-0.4, -0.2) is 32.4 Å². The van der Waals surface area contributed by atoms with Gasteiger partial charge in [-0.25, -0.2) is 0 Å². The van der Waals surface area contributed by atoms with E-state index in [9.17, 15) is 4.79 Å². The normalized spacial score (nSPS) is 10.4. The first-order chi connectivity index (χ1) is 9.22. The Balaban J connectivity index is 2.22. The van der Waals surface area contributed by atoms with E-state index in [2.05, 4.69) is 15.5 Å². The lowest BCUT2D eigenvalue weighted by Gasteiger charge is -2.10. The number of rotatable bonds is 5. The Morgan fingerprint density at radius 1 is 1.42 bits per heavy atom. The van der Waals surface area contributed by atoms with E-state index >= 15 is 0 Å². The van der Waals surface area contributed by atoms with Crippen LogP contribution in [0.4, 0.5) is 5.69 Å². The molecule has 2 N–H and O–H groups in total. The van der Waals surface area contributed by atoms with Crippen molar-refractivity contribution in [3.05, 3.63) is 30.6 Å².